The molecule has 32 heavy (non-hydrogen) atoms. The molecule has 0 atom stereocenters. The number of fused-ring (bicyclic) bond motifs is 2. The molecular formula is C24H16Cl2N6. The van der Waals surface area contributed by atoms with Gasteiger partial charge in [0.05, 0.1) is 17.9 Å². The van der Waals surface area contributed by atoms with E-state index in [1.165, 1.54) is 5.39 Å². The molecule has 0 radical (unpaired) electrons. The summed E-state index contributed by atoms with van der Waals surface area (Å²) in [7, 11) is 0. The third-order valence-corrected chi connectivity index (χ3v) is 5.25. The Balaban J connectivity index is 1.32. The zero-order valence-corrected chi connectivity index (χ0v) is 18.2. The Morgan fingerprint density at radius 2 is 1.19 bits per heavy atom. The second kappa shape index (κ2) is 8.86. The van der Waals surface area contributed by atoms with Gasteiger partial charge in [-0.25, -0.2) is 9.97 Å². The molecule has 5 rings (SSSR count). The first-order chi connectivity index (χ1) is 15.6. The van der Waals surface area contributed by atoms with Gasteiger partial charge in [0.25, 0.3) is 0 Å². The van der Waals surface area contributed by atoms with E-state index in [4.69, 9.17) is 23.2 Å². The highest BCUT2D eigenvalue weighted by atomic mass is 35.5. The zero-order valence-electron chi connectivity index (χ0n) is 16.7. The van der Waals surface area contributed by atoms with Crippen molar-refractivity contribution in [2.75, 3.05) is 5.32 Å². The lowest BCUT2D eigenvalue weighted by atomic mass is 10.1. The van der Waals surface area contributed by atoms with Crippen LogP contribution in [0, 0.1) is 0 Å². The monoisotopic (exact) mass is 458 g/mol. The van der Waals surface area contributed by atoms with E-state index in [0.29, 0.717) is 12.4 Å². The molecule has 0 unspecified atom stereocenters. The van der Waals surface area contributed by atoms with E-state index in [1.54, 1.807) is 0 Å². The van der Waals surface area contributed by atoms with Crippen LogP contribution in [0.2, 0.25) is 10.6 Å². The van der Waals surface area contributed by atoms with Crippen molar-refractivity contribution in [1.29, 1.82) is 0 Å². The molecule has 0 saturated heterocycles. The molecule has 0 aliphatic rings. The number of anilines is 1. The summed E-state index contributed by atoms with van der Waals surface area (Å²) in [6.45, 7) is 0.380. The van der Waals surface area contributed by atoms with Gasteiger partial charge >= 0.3 is 0 Å². The molecule has 8 heteroatoms. The Kier molecular flexibility index (Phi) is 5.62. The predicted molar refractivity (Wildman–Crippen MR) is 129 cm³/mol. The van der Waals surface area contributed by atoms with Crippen molar-refractivity contribution < 1.29 is 0 Å². The Morgan fingerprint density at radius 3 is 1.91 bits per heavy atom. The van der Waals surface area contributed by atoms with Crippen molar-refractivity contribution in [2.24, 2.45) is 10.2 Å². The summed E-state index contributed by atoms with van der Waals surface area (Å²) in [6, 6.07) is 26.3. The third kappa shape index (κ3) is 4.66. The summed E-state index contributed by atoms with van der Waals surface area (Å²) in [4.78, 5) is 11.9. The SMILES string of the molecule is Clc1nc(Cl)nc(CNc2ccc3cc(N=Nc4ccc5ccccc5c4)ccc3c2)n1. The fourth-order valence-electron chi connectivity index (χ4n) is 3.38. The van der Waals surface area contributed by atoms with Crippen molar-refractivity contribution in [2.45, 2.75) is 6.54 Å². The largest absolute Gasteiger partial charge is 0.378 e. The van der Waals surface area contributed by atoms with Gasteiger partial charge in [0.15, 0.2) is 5.82 Å². The van der Waals surface area contributed by atoms with E-state index >= 15 is 0 Å². The summed E-state index contributed by atoms with van der Waals surface area (Å²) in [5, 5.41) is 16.7. The normalized spacial score (nSPS) is 11.4. The first kappa shape index (κ1) is 20.3. The summed E-state index contributed by atoms with van der Waals surface area (Å²) >= 11 is 11.6. The Labute approximate surface area is 194 Å². The molecule has 4 aromatic carbocycles. The minimum absolute atomic E-state index is 0.0747. The maximum Gasteiger partial charge on any atom is 0.226 e. The summed E-state index contributed by atoms with van der Waals surface area (Å²) in [5.74, 6) is 0.472. The van der Waals surface area contributed by atoms with Gasteiger partial charge in [0.2, 0.25) is 10.6 Å². The van der Waals surface area contributed by atoms with E-state index in [-0.39, 0.29) is 10.6 Å². The molecule has 0 saturated carbocycles. The lowest BCUT2D eigenvalue weighted by Crippen LogP contribution is -2.05. The topological polar surface area (TPSA) is 75.4 Å². The van der Waals surface area contributed by atoms with Crippen LogP contribution >= 0.6 is 23.2 Å². The van der Waals surface area contributed by atoms with Crippen molar-refractivity contribution in [3.63, 3.8) is 0 Å². The van der Waals surface area contributed by atoms with Crippen molar-refractivity contribution in [3.8, 4) is 0 Å². The van der Waals surface area contributed by atoms with Crippen LogP contribution < -0.4 is 5.32 Å². The first-order valence-electron chi connectivity index (χ1n) is 9.87. The van der Waals surface area contributed by atoms with Gasteiger partial charge in [-0.3, -0.25) is 0 Å². The van der Waals surface area contributed by atoms with Gasteiger partial charge in [-0.2, -0.15) is 15.2 Å². The van der Waals surface area contributed by atoms with E-state index in [9.17, 15) is 0 Å². The Morgan fingerprint density at radius 1 is 0.625 bits per heavy atom. The van der Waals surface area contributed by atoms with E-state index < -0.39 is 0 Å². The van der Waals surface area contributed by atoms with Crippen LogP contribution in [0.25, 0.3) is 21.5 Å². The van der Waals surface area contributed by atoms with Crippen LogP contribution in [-0.2, 0) is 6.54 Å². The molecule has 156 valence electrons. The number of nitrogens with one attached hydrogen (secondary N) is 1. The van der Waals surface area contributed by atoms with Crippen LogP contribution in [0.5, 0.6) is 0 Å². The van der Waals surface area contributed by atoms with Gasteiger partial charge in [-0.05, 0) is 81.1 Å². The molecule has 0 fully saturated rings. The highest BCUT2D eigenvalue weighted by molar-refractivity contribution is 6.31. The maximum atomic E-state index is 5.82. The zero-order chi connectivity index (χ0) is 21.9. The quantitative estimate of drug-likeness (QED) is 0.276. The van der Waals surface area contributed by atoms with Crippen LogP contribution in [0.1, 0.15) is 5.82 Å². The number of hydrogen-bond acceptors (Lipinski definition) is 6. The van der Waals surface area contributed by atoms with Gasteiger partial charge in [0.1, 0.15) is 0 Å². The molecule has 0 spiro atoms. The molecule has 0 aliphatic heterocycles. The lowest BCUT2D eigenvalue weighted by Gasteiger charge is -2.07. The Hall–Kier alpha value is -3.61. The molecule has 1 heterocycles. The van der Waals surface area contributed by atoms with Crippen molar-refractivity contribution in [3.05, 3.63) is 95.3 Å². The molecule has 1 N–H and O–H groups in total. The second-order valence-corrected chi connectivity index (χ2v) is 7.80. The summed E-state index contributed by atoms with van der Waals surface area (Å²) in [6.07, 6.45) is 0. The number of halogens is 2. The number of aromatic nitrogens is 3. The highest BCUT2D eigenvalue weighted by Crippen LogP contribution is 2.27. The third-order valence-electron chi connectivity index (χ3n) is 4.92. The van der Waals surface area contributed by atoms with E-state index in [0.717, 1.165) is 33.2 Å². The number of nitrogens with zero attached hydrogens (tertiary/aromatic N) is 5. The van der Waals surface area contributed by atoms with Crippen molar-refractivity contribution in [1.82, 2.24) is 15.0 Å². The average Bonchev–Trinajstić information content (AvgIpc) is 2.80. The predicted octanol–water partition coefficient (Wildman–Crippen LogP) is 7.51. The number of hydrogen-bond donors (Lipinski definition) is 1. The lowest BCUT2D eigenvalue weighted by molar-refractivity contribution is 0.905. The standard InChI is InChI=1S/C24H16Cl2N6/c25-23-28-22(29-24(26)30-23)14-27-19-8-6-18-13-21(10-7-17(18)11-19)32-31-20-9-5-15-3-1-2-4-16(15)12-20/h1-13,27H,14H2. The van der Waals surface area contributed by atoms with Crippen molar-refractivity contribution >= 4 is 61.8 Å². The molecule has 1 aromatic heterocycles. The molecule has 0 amide bonds. The summed E-state index contributed by atoms with van der Waals surface area (Å²) in [5.41, 5.74) is 2.54. The first-order valence-corrected chi connectivity index (χ1v) is 10.6. The molecule has 0 bridgehead atoms. The smallest absolute Gasteiger partial charge is 0.226 e. The molecule has 6 nitrogen and oxygen atoms in total. The van der Waals surface area contributed by atoms with Crippen LogP contribution in [0.15, 0.2) is 89.1 Å². The van der Waals surface area contributed by atoms with Crippen LogP contribution in [-0.4, -0.2) is 15.0 Å². The average molecular weight is 459 g/mol. The van der Waals surface area contributed by atoms with Gasteiger partial charge < -0.3 is 5.32 Å². The van der Waals surface area contributed by atoms with Gasteiger partial charge in [-0.1, -0.05) is 42.5 Å². The maximum absolute atomic E-state index is 5.82. The number of azo groups is 1. The number of rotatable bonds is 5. The van der Waals surface area contributed by atoms with Gasteiger partial charge in [-0.15, -0.1) is 0 Å². The van der Waals surface area contributed by atoms with E-state index in [1.807, 2.05) is 60.7 Å². The Bertz CT molecular complexity index is 1450. The number of benzene rings is 4. The molecule has 5 aromatic rings. The van der Waals surface area contributed by atoms with Crippen LogP contribution in [0.3, 0.4) is 0 Å². The van der Waals surface area contributed by atoms with E-state index in [2.05, 4.69) is 48.7 Å². The minimum atomic E-state index is 0.0747. The molecule has 0 aliphatic carbocycles. The molecular weight excluding hydrogens is 443 g/mol. The minimum Gasteiger partial charge on any atom is -0.378 e. The summed E-state index contributed by atoms with van der Waals surface area (Å²) < 4.78 is 0. The highest BCUT2D eigenvalue weighted by Gasteiger charge is 2.04. The fourth-order valence-corrected chi connectivity index (χ4v) is 3.78. The van der Waals surface area contributed by atoms with Gasteiger partial charge in [0, 0.05) is 5.69 Å². The van der Waals surface area contributed by atoms with Crippen LogP contribution in [0.4, 0.5) is 17.1 Å². The second-order valence-electron chi connectivity index (χ2n) is 7.12. The fraction of sp³-hybridized carbons (Fsp3) is 0.0417.